The molecular weight excluding hydrogens is 652 g/mol. The summed E-state index contributed by atoms with van der Waals surface area (Å²) in [5.74, 6) is 1.12. The first kappa shape index (κ1) is 27.4. The molecule has 1 atom stereocenters. The molecule has 2 aliphatic rings. The minimum Gasteiger partial charge on any atom is -0.493 e. The topological polar surface area (TPSA) is 52.8 Å². The van der Waals surface area contributed by atoms with Crippen LogP contribution in [0.25, 0.3) is 11.8 Å². The van der Waals surface area contributed by atoms with Gasteiger partial charge in [0.2, 0.25) is 0 Å². The van der Waals surface area contributed by atoms with Gasteiger partial charge in [-0.2, -0.15) is 0 Å². The Hall–Kier alpha value is -3.43. The number of nitrogens with zero attached hydrogens (tertiary/aromatic N) is 2. The average Bonchev–Trinajstić information content (AvgIpc) is 3.64. The van der Waals surface area contributed by atoms with E-state index in [0.717, 1.165) is 39.0 Å². The van der Waals surface area contributed by atoms with E-state index in [2.05, 4.69) is 51.6 Å². The Labute approximate surface area is 263 Å². The van der Waals surface area contributed by atoms with Crippen molar-refractivity contribution in [2.24, 2.45) is 4.99 Å². The smallest absolute Gasteiger partial charge is 0.271 e. The second-order valence-electron chi connectivity index (χ2n) is 10.0. The number of allylic oxidation sites excluding steroid dienone is 1. The van der Waals surface area contributed by atoms with Crippen LogP contribution in [-0.2, 0) is 13.0 Å². The SMILES string of the molecule is COc1cc(/C=c2/sc3n(c2=O)C(c2cccs2)C2=C(N=3)c3ccccc3CC2)cc(Br)c1OCc1ccccc1Cl. The molecule has 7 rings (SSSR count). The second-order valence-corrected chi connectivity index (χ2v) is 13.3. The van der Waals surface area contributed by atoms with E-state index in [9.17, 15) is 4.79 Å². The summed E-state index contributed by atoms with van der Waals surface area (Å²) in [4.78, 5) is 21.0. The molecule has 3 aromatic carbocycles. The van der Waals surface area contributed by atoms with Crippen LogP contribution in [0.1, 0.15) is 39.6 Å². The molecule has 42 heavy (non-hydrogen) atoms. The summed E-state index contributed by atoms with van der Waals surface area (Å²) < 4.78 is 15.0. The number of rotatable bonds is 6. The number of benzene rings is 3. The minimum absolute atomic E-state index is 0.0447. The Kier molecular flexibility index (Phi) is 7.40. The van der Waals surface area contributed by atoms with Crippen molar-refractivity contribution in [3.8, 4) is 11.5 Å². The predicted octanol–water partition coefficient (Wildman–Crippen LogP) is 7.38. The van der Waals surface area contributed by atoms with Crippen LogP contribution in [0.5, 0.6) is 11.5 Å². The molecular formula is C33H24BrClN2O3S2. The summed E-state index contributed by atoms with van der Waals surface area (Å²) in [6.07, 6.45) is 3.72. The van der Waals surface area contributed by atoms with Gasteiger partial charge < -0.3 is 9.47 Å². The Bertz CT molecular complexity index is 2050. The summed E-state index contributed by atoms with van der Waals surface area (Å²) in [5, 5.41) is 2.71. The van der Waals surface area contributed by atoms with Crippen molar-refractivity contribution in [2.45, 2.75) is 25.5 Å². The maximum Gasteiger partial charge on any atom is 0.271 e. The lowest BCUT2D eigenvalue weighted by molar-refractivity contribution is 0.282. The number of thiazole rings is 1. The number of ether oxygens (including phenoxy) is 2. The summed E-state index contributed by atoms with van der Waals surface area (Å²) in [5.41, 5.74) is 6.33. The molecule has 3 heterocycles. The van der Waals surface area contributed by atoms with Gasteiger partial charge in [0.15, 0.2) is 16.3 Å². The molecule has 0 saturated heterocycles. The van der Waals surface area contributed by atoms with E-state index in [1.54, 1.807) is 18.4 Å². The number of methoxy groups -OCH3 is 1. The monoisotopic (exact) mass is 674 g/mol. The fourth-order valence-corrected chi connectivity index (χ4v) is 8.21. The number of hydrogen-bond acceptors (Lipinski definition) is 6. The second kappa shape index (κ2) is 11.3. The third kappa shape index (κ3) is 4.86. The summed E-state index contributed by atoms with van der Waals surface area (Å²) in [6, 6.07) is 23.9. The highest BCUT2D eigenvalue weighted by atomic mass is 79.9. The molecule has 5 nitrogen and oxygen atoms in total. The highest BCUT2D eigenvalue weighted by molar-refractivity contribution is 9.10. The van der Waals surface area contributed by atoms with Gasteiger partial charge in [0.1, 0.15) is 6.61 Å². The Morgan fingerprint density at radius 2 is 1.93 bits per heavy atom. The number of hydrogen-bond donors (Lipinski definition) is 0. The molecule has 9 heteroatoms. The first-order valence-corrected chi connectivity index (χ1v) is 16.3. The van der Waals surface area contributed by atoms with Crippen molar-refractivity contribution in [3.05, 3.63) is 140 Å². The van der Waals surface area contributed by atoms with Crippen LogP contribution in [-0.4, -0.2) is 11.7 Å². The van der Waals surface area contributed by atoms with Crippen LogP contribution in [0.4, 0.5) is 0 Å². The molecule has 0 amide bonds. The van der Waals surface area contributed by atoms with E-state index < -0.39 is 0 Å². The molecule has 0 N–H and O–H groups in total. The first-order chi connectivity index (χ1) is 20.5. The average molecular weight is 676 g/mol. The highest BCUT2D eigenvalue weighted by Gasteiger charge is 2.33. The Balaban J connectivity index is 1.31. The van der Waals surface area contributed by atoms with Gasteiger partial charge >= 0.3 is 0 Å². The van der Waals surface area contributed by atoms with Crippen LogP contribution in [0.3, 0.4) is 0 Å². The lowest BCUT2D eigenvalue weighted by atomic mass is 9.85. The molecule has 0 fully saturated rings. The van der Waals surface area contributed by atoms with Gasteiger partial charge in [-0.05, 0) is 81.2 Å². The number of aryl methyl sites for hydroxylation is 1. The lowest BCUT2D eigenvalue weighted by Gasteiger charge is -2.30. The normalized spacial score (nSPS) is 16.0. The van der Waals surface area contributed by atoms with Crippen LogP contribution in [0, 0.1) is 0 Å². The zero-order chi connectivity index (χ0) is 28.8. The van der Waals surface area contributed by atoms with Crippen molar-refractivity contribution in [1.82, 2.24) is 4.57 Å². The third-order valence-corrected chi connectivity index (χ3v) is 10.4. The van der Waals surface area contributed by atoms with Crippen molar-refractivity contribution in [3.63, 3.8) is 0 Å². The van der Waals surface area contributed by atoms with Crippen molar-refractivity contribution < 1.29 is 9.47 Å². The van der Waals surface area contributed by atoms with E-state index in [1.165, 1.54) is 28.0 Å². The van der Waals surface area contributed by atoms with Gasteiger partial charge in [-0.25, -0.2) is 4.99 Å². The summed E-state index contributed by atoms with van der Waals surface area (Å²) in [7, 11) is 1.60. The third-order valence-electron chi connectivity index (χ3n) is 7.57. The quantitative estimate of drug-likeness (QED) is 0.189. The van der Waals surface area contributed by atoms with Crippen molar-refractivity contribution in [1.29, 1.82) is 0 Å². The van der Waals surface area contributed by atoms with Gasteiger partial charge in [0.25, 0.3) is 5.56 Å². The van der Waals surface area contributed by atoms with Crippen LogP contribution in [0.15, 0.2) is 98.0 Å². The maximum atomic E-state index is 14.0. The van der Waals surface area contributed by atoms with E-state index in [4.69, 9.17) is 26.1 Å². The maximum absolute atomic E-state index is 14.0. The van der Waals surface area contributed by atoms with Gasteiger partial charge in [-0.3, -0.25) is 9.36 Å². The number of fused-ring (bicyclic) bond motifs is 3. The molecule has 0 bridgehead atoms. The van der Waals surface area contributed by atoms with Crippen molar-refractivity contribution >= 4 is 62.0 Å². The fourth-order valence-electron chi connectivity index (χ4n) is 5.60. The molecule has 5 aromatic rings. The highest BCUT2D eigenvalue weighted by Crippen LogP contribution is 2.42. The van der Waals surface area contributed by atoms with Gasteiger partial charge in [-0.15, -0.1) is 11.3 Å². The first-order valence-electron chi connectivity index (χ1n) is 13.4. The number of halogens is 2. The largest absolute Gasteiger partial charge is 0.493 e. The van der Waals surface area contributed by atoms with Crippen LogP contribution in [0.2, 0.25) is 5.02 Å². The molecule has 2 aromatic heterocycles. The van der Waals surface area contributed by atoms with Gasteiger partial charge in [0.05, 0.1) is 27.9 Å². The predicted molar refractivity (Wildman–Crippen MR) is 174 cm³/mol. The van der Waals surface area contributed by atoms with Gasteiger partial charge in [-0.1, -0.05) is 71.5 Å². The van der Waals surface area contributed by atoms with Gasteiger partial charge in [0, 0.05) is 21.0 Å². The van der Waals surface area contributed by atoms with E-state index in [0.29, 0.717) is 32.5 Å². The standard InChI is InChI=1S/C33H24BrClN2O3S2/c1-39-26-16-19(15-24(34)31(26)40-18-21-8-3-5-10-25(21)35)17-28-32(38)37-30(27-11-6-14-41-27)23-13-12-20-7-2-4-9-22(20)29(23)36-33(37)42-28/h2-11,14-17,30H,12-13,18H2,1H3/b28-17+. The minimum atomic E-state index is -0.159. The molecule has 210 valence electrons. The zero-order valence-electron chi connectivity index (χ0n) is 22.5. The Morgan fingerprint density at radius 1 is 1.10 bits per heavy atom. The van der Waals surface area contributed by atoms with Crippen LogP contribution < -0.4 is 24.4 Å². The number of thiophene rings is 1. The Morgan fingerprint density at radius 3 is 2.74 bits per heavy atom. The lowest BCUT2D eigenvalue weighted by Crippen LogP contribution is -2.38. The van der Waals surface area contributed by atoms with E-state index >= 15 is 0 Å². The molecule has 1 aliphatic carbocycles. The number of aromatic nitrogens is 1. The van der Waals surface area contributed by atoms with Crippen molar-refractivity contribution in [2.75, 3.05) is 7.11 Å². The zero-order valence-corrected chi connectivity index (χ0v) is 26.4. The molecule has 1 aliphatic heterocycles. The fraction of sp³-hybridized carbons (Fsp3) is 0.152. The van der Waals surface area contributed by atoms with Crippen LogP contribution >= 0.6 is 50.2 Å². The molecule has 0 saturated carbocycles. The molecule has 0 radical (unpaired) electrons. The van der Waals surface area contributed by atoms with E-state index in [1.807, 2.05) is 53.1 Å². The summed E-state index contributed by atoms with van der Waals surface area (Å²) >= 11 is 13.1. The molecule has 0 spiro atoms. The molecule has 1 unspecified atom stereocenters. The summed E-state index contributed by atoms with van der Waals surface area (Å²) in [6.45, 7) is 0.295. The van der Waals surface area contributed by atoms with E-state index in [-0.39, 0.29) is 11.6 Å².